The Balaban J connectivity index is 1.62. The van der Waals surface area contributed by atoms with Crippen molar-refractivity contribution in [2.45, 2.75) is 57.1 Å². The second-order valence-electron chi connectivity index (χ2n) is 12.3. The topological polar surface area (TPSA) is 114 Å². The van der Waals surface area contributed by atoms with Crippen molar-refractivity contribution in [1.82, 2.24) is 15.8 Å². The molecular formula is C35H36Cl4N4O5. The third-order valence-electron chi connectivity index (χ3n) is 7.19. The number of hydrogen-bond donors (Lipinski definition) is 2. The van der Waals surface area contributed by atoms with E-state index in [0.717, 1.165) is 0 Å². The fourth-order valence-electron chi connectivity index (χ4n) is 4.80. The molecule has 13 heteroatoms. The number of carbonyl (C=O) groups is 3. The zero-order valence-electron chi connectivity index (χ0n) is 27.0. The number of benzene rings is 3. The molecule has 0 bridgehead atoms. The molecular weight excluding hydrogens is 698 g/mol. The number of ether oxygens (including phenoxy) is 1. The number of nitrogens with one attached hydrogen (secondary N) is 2. The van der Waals surface area contributed by atoms with Crippen LogP contribution in [0.3, 0.4) is 0 Å². The molecule has 0 saturated carbocycles. The minimum absolute atomic E-state index is 0.00642. The number of rotatable bonds is 11. The largest absolute Gasteiger partial charge is 0.444 e. The van der Waals surface area contributed by atoms with Crippen LogP contribution in [0.1, 0.15) is 46.2 Å². The van der Waals surface area contributed by atoms with Gasteiger partial charge in [-0.25, -0.2) is 4.79 Å². The summed E-state index contributed by atoms with van der Waals surface area (Å²) >= 11 is 25.0. The van der Waals surface area contributed by atoms with Gasteiger partial charge < -0.3 is 24.8 Å². The van der Waals surface area contributed by atoms with Gasteiger partial charge in [-0.1, -0.05) is 114 Å². The minimum atomic E-state index is -1.39. The molecule has 254 valence electrons. The quantitative estimate of drug-likeness (QED) is 0.149. The second kappa shape index (κ2) is 16.1. The molecule has 3 aromatic carbocycles. The van der Waals surface area contributed by atoms with Crippen LogP contribution in [0.4, 0.5) is 10.5 Å². The molecule has 2 atom stereocenters. The molecule has 3 amide bonds. The lowest BCUT2D eigenvalue weighted by Crippen LogP contribution is -2.52. The van der Waals surface area contributed by atoms with Gasteiger partial charge in [-0.05, 0) is 56.5 Å². The molecule has 9 nitrogen and oxygen atoms in total. The summed E-state index contributed by atoms with van der Waals surface area (Å²) in [6, 6.07) is 20.9. The van der Waals surface area contributed by atoms with Gasteiger partial charge in [0.05, 0.1) is 10.0 Å². The smallest absolute Gasteiger partial charge is 0.408 e. The van der Waals surface area contributed by atoms with Gasteiger partial charge in [0.15, 0.2) is 10.6 Å². The SMILES string of the molecule is CC(C)[C@@H](CN(C(=O)C(Cl)Cl)c1cccc(-c2cc(-c3c(Cl)cccc3Cl)no2)c1)NC(=O)[C@H](NC(=O)OC(C)(C)C)c1ccccc1. The van der Waals surface area contributed by atoms with Crippen molar-refractivity contribution < 1.29 is 23.6 Å². The van der Waals surface area contributed by atoms with E-state index in [0.29, 0.717) is 43.9 Å². The van der Waals surface area contributed by atoms with E-state index < -0.39 is 40.4 Å². The maximum Gasteiger partial charge on any atom is 0.408 e. The molecule has 2 N–H and O–H groups in total. The summed E-state index contributed by atoms with van der Waals surface area (Å²) in [4.78, 5) is 40.0. The third kappa shape index (κ3) is 9.66. The van der Waals surface area contributed by atoms with Crippen molar-refractivity contribution >= 4 is 70.0 Å². The van der Waals surface area contributed by atoms with E-state index >= 15 is 0 Å². The molecule has 1 aromatic heterocycles. The van der Waals surface area contributed by atoms with Gasteiger partial charge in [0, 0.05) is 35.5 Å². The van der Waals surface area contributed by atoms with E-state index in [1.807, 2.05) is 13.8 Å². The first-order valence-electron chi connectivity index (χ1n) is 15.1. The fraction of sp³-hybridized carbons (Fsp3) is 0.314. The first-order chi connectivity index (χ1) is 22.6. The highest BCUT2D eigenvalue weighted by molar-refractivity contribution is 6.54. The molecule has 4 aromatic rings. The molecule has 1 heterocycles. The lowest BCUT2D eigenvalue weighted by molar-refractivity contribution is -0.124. The van der Waals surface area contributed by atoms with Crippen LogP contribution < -0.4 is 15.5 Å². The number of hydrogen-bond acceptors (Lipinski definition) is 6. The molecule has 4 rings (SSSR count). The summed E-state index contributed by atoms with van der Waals surface area (Å²) in [5.74, 6) is -0.849. The third-order valence-corrected chi connectivity index (χ3v) is 8.20. The molecule has 0 aliphatic rings. The molecule has 0 saturated heterocycles. The number of halogens is 4. The van der Waals surface area contributed by atoms with E-state index in [1.165, 1.54) is 4.90 Å². The monoisotopic (exact) mass is 732 g/mol. The van der Waals surface area contributed by atoms with Crippen molar-refractivity contribution in [3.05, 3.63) is 94.5 Å². The molecule has 0 fully saturated rings. The van der Waals surface area contributed by atoms with Crippen molar-refractivity contribution in [2.75, 3.05) is 11.4 Å². The number of alkyl carbamates (subject to hydrolysis) is 1. The summed E-state index contributed by atoms with van der Waals surface area (Å²) in [7, 11) is 0. The number of anilines is 1. The van der Waals surface area contributed by atoms with E-state index in [4.69, 9.17) is 55.7 Å². The average molecular weight is 735 g/mol. The van der Waals surface area contributed by atoms with Crippen molar-refractivity contribution in [1.29, 1.82) is 0 Å². The first kappa shape index (κ1) is 37.1. The maximum atomic E-state index is 13.8. The molecule has 0 radical (unpaired) electrons. The Morgan fingerprint density at radius 1 is 0.896 bits per heavy atom. The van der Waals surface area contributed by atoms with E-state index in [9.17, 15) is 14.4 Å². The number of carbonyl (C=O) groups excluding carboxylic acids is 3. The normalized spacial score (nSPS) is 12.8. The van der Waals surface area contributed by atoms with Gasteiger partial charge >= 0.3 is 6.09 Å². The molecule has 0 aliphatic carbocycles. The number of aromatic nitrogens is 1. The van der Waals surface area contributed by atoms with Gasteiger partial charge in [-0.15, -0.1) is 0 Å². The Hall–Kier alpha value is -3.76. The summed E-state index contributed by atoms with van der Waals surface area (Å²) in [5.41, 5.74) is 1.80. The van der Waals surface area contributed by atoms with Crippen molar-refractivity contribution in [2.24, 2.45) is 5.92 Å². The summed E-state index contributed by atoms with van der Waals surface area (Å²) in [6.45, 7) is 9.00. The Labute approximate surface area is 299 Å². The van der Waals surface area contributed by atoms with E-state index in [2.05, 4.69) is 15.8 Å². The Kier molecular flexibility index (Phi) is 12.4. The van der Waals surface area contributed by atoms with Crippen LogP contribution in [0.15, 0.2) is 83.4 Å². The predicted octanol–water partition coefficient (Wildman–Crippen LogP) is 8.86. The minimum Gasteiger partial charge on any atom is -0.444 e. The van der Waals surface area contributed by atoms with Crippen LogP contribution in [0, 0.1) is 5.92 Å². The molecule has 0 aliphatic heterocycles. The second-order valence-corrected chi connectivity index (χ2v) is 14.2. The predicted molar refractivity (Wildman–Crippen MR) is 191 cm³/mol. The van der Waals surface area contributed by atoms with E-state index in [1.54, 1.807) is 99.6 Å². The van der Waals surface area contributed by atoms with Crippen LogP contribution in [-0.2, 0) is 14.3 Å². The van der Waals surface area contributed by atoms with Crippen LogP contribution in [0.2, 0.25) is 10.0 Å². The molecule has 0 spiro atoms. The maximum absolute atomic E-state index is 13.8. The van der Waals surface area contributed by atoms with Gasteiger partial charge in [-0.2, -0.15) is 0 Å². The lowest BCUT2D eigenvalue weighted by atomic mass is 10.0. The molecule has 48 heavy (non-hydrogen) atoms. The zero-order valence-corrected chi connectivity index (χ0v) is 30.0. The van der Waals surface area contributed by atoms with Crippen molar-refractivity contribution in [3.63, 3.8) is 0 Å². The Morgan fingerprint density at radius 3 is 2.15 bits per heavy atom. The summed E-state index contributed by atoms with van der Waals surface area (Å²) in [6.07, 6.45) is -0.749. The van der Waals surface area contributed by atoms with Crippen LogP contribution in [-0.4, -0.2) is 46.1 Å². The highest BCUT2D eigenvalue weighted by Crippen LogP contribution is 2.36. The Bertz CT molecular complexity index is 1720. The zero-order chi connectivity index (χ0) is 35.2. The number of alkyl halides is 2. The highest BCUT2D eigenvalue weighted by Gasteiger charge is 2.31. The van der Waals surface area contributed by atoms with Gasteiger partial charge in [0.25, 0.3) is 5.91 Å². The lowest BCUT2D eigenvalue weighted by Gasteiger charge is -2.32. The summed E-state index contributed by atoms with van der Waals surface area (Å²) in [5, 5.41) is 10.7. The van der Waals surface area contributed by atoms with Gasteiger partial charge in [-0.3, -0.25) is 9.59 Å². The van der Waals surface area contributed by atoms with Gasteiger partial charge in [0.2, 0.25) is 5.91 Å². The van der Waals surface area contributed by atoms with Gasteiger partial charge in [0.1, 0.15) is 17.3 Å². The number of nitrogens with zero attached hydrogens (tertiary/aromatic N) is 2. The van der Waals surface area contributed by atoms with Crippen LogP contribution in [0.25, 0.3) is 22.6 Å². The average Bonchev–Trinajstić information content (AvgIpc) is 3.50. The molecule has 0 unspecified atom stereocenters. The highest BCUT2D eigenvalue weighted by atomic mass is 35.5. The fourth-order valence-corrected chi connectivity index (χ4v) is 5.62. The van der Waals surface area contributed by atoms with Crippen molar-refractivity contribution in [3.8, 4) is 22.6 Å². The Morgan fingerprint density at radius 2 is 1.54 bits per heavy atom. The van der Waals surface area contributed by atoms with Crippen LogP contribution >= 0.6 is 46.4 Å². The van der Waals surface area contributed by atoms with Crippen LogP contribution in [0.5, 0.6) is 0 Å². The first-order valence-corrected chi connectivity index (χ1v) is 16.7. The standard InChI is InChI=1S/C35H36Cl4N4O5/c1-20(2)27(40-32(44)30(21-11-7-6-8-12-21)41-34(46)47-35(3,4)5)19-43(33(45)31(38)39)23-14-9-13-22(17-23)28-18-26(42-48-28)29-24(36)15-10-16-25(29)37/h6-18,20,27,30-31H,19H2,1-5H3,(H,40,44)(H,41,46)/t27-,30-/m1/s1. The number of amides is 3. The summed E-state index contributed by atoms with van der Waals surface area (Å²) < 4.78 is 11.1. The van der Waals surface area contributed by atoms with E-state index in [-0.39, 0.29) is 12.5 Å².